The molecule has 4 nitrogen and oxygen atoms in total. The molecule has 0 unspecified atom stereocenters. The van der Waals surface area contributed by atoms with Crippen molar-refractivity contribution in [2.45, 2.75) is 0 Å². The van der Waals surface area contributed by atoms with Gasteiger partial charge in [0, 0.05) is 43.3 Å². The molecule has 0 spiro atoms. The van der Waals surface area contributed by atoms with E-state index < -0.39 is 0 Å². The molecule has 8 aromatic carbocycles. The lowest BCUT2D eigenvalue weighted by Gasteiger charge is -2.13. The lowest BCUT2D eigenvalue weighted by atomic mass is 10.00. The first-order chi connectivity index (χ1) is 25.8. The minimum atomic E-state index is 0.706. The zero-order valence-corrected chi connectivity index (χ0v) is 28.0. The van der Waals surface area contributed by atoms with Crippen molar-refractivity contribution in [2.24, 2.45) is 0 Å². The summed E-state index contributed by atoms with van der Waals surface area (Å²) >= 11 is 0. The first-order valence-corrected chi connectivity index (χ1v) is 17.8. The third-order valence-electron chi connectivity index (χ3n) is 11.0. The normalized spacial score (nSPS) is 12.2. The second kappa shape index (κ2) is 10.3. The first-order valence-electron chi connectivity index (χ1n) is 17.8. The molecule has 0 saturated carbocycles. The predicted octanol–water partition coefficient (Wildman–Crippen LogP) is 12.4. The first kappa shape index (κ1) is 27.7. The number of aromatic nitrogens is 4. The van der Waals surface area contributed by atoms with Gasteiger partial charge in [0.2, 0.25) is 0 Å². The highest BCUT2D eigenvalue weighted by atomic mass is 15.1. The standard InChI is InChI=1S/C48H28N4/c1-2-12-29(13-3-1)30-22-24-32(25-23-30)47-49-39-19-9-6-17-35(39)48(50-47)52-40-20-10-7-16-34(40)37-28-38-43-33-15-5-4-14-31(33)26-27-42(43)51-41-21-11-8-18-36(41)44(45(37)52)46(38)51/h1-28H. The maximum absolute atomic E-state index is 5.47. The zero-order valence-electron chi connectivity index (χ0n) is 28.0. The SMILES string of the molecule is c1ccc(-c2ccc(-c3nc(-n4c5ccccc5c5cc6c7c8ccccc8ccc7n7c8ccccc8c(c54)c67)c4ccccc4n3)cc2)cc1. The molecule has 0 saturated heterocycles. The summed E-state index contributed by atoms with van der Waals surface area (Å²) in [7, 11) is 0. The highest BCUT2D eigenvalue weighted by molar-refractivity contribution is 6.36. The average molecular weight is 661 g/mol. The van der Waals surface area contributed by atoms with Gasteiger partial charge in [0.1, 0.15) is 5.82 Å². The fraction of sp³-hybridized carbons (Fsp3) is 0. The van der Waals surface area contributed by atoms with E-state index in [1.807, 2.05) is 0 Å². The van der Waals surface area contributed by atoms with E-state index in [0.29, 0.717) is 5.82 Å². The minimum Gasteiger partial charge on any atom is -0.308 e. The third kappa shape index (κ3) is 3.65. The van der Waals surface area contributed by atoms with Gasteiger partial charge in [-0.25, -0.2) is 9.97 Å². The molecular formula is C48H28N4. The van der Waals surface area contributed by atoms with Gasteiger partial charge in [-0.2, -0.15) is 0 Å². The topological polar surface area (TPSA) is 35.1 Å². The lowest BCUT2D eigenvalue weighted by molar-refractivity contribution is 1.08. The summed E-state index contributed by atoms with van der Waals surface area (Å²) in [5.74, 6) is 1.59. The molecule has 4 aromatic heterocycles. The molecule has 0 fully saturated rings. The molecule has 52 heavy (non-hydrogen) atoms. The van der Waals surface area contributed by atoms with Gasteiger partial charge < -0.3 is 4.40 Å². The van der Waals surface area contributed by atoms with Gasteiger partial charge >= 0.3 is 0 Å². The highest BCUT2D eigenvalue weighted by Crippen LogP contribution is 2.48. The largest absolute Gasteiger partial charge is 0.308 e. The van der Waals surface area contributed by atoms with E-state index in [1.165, 1.54) is 76.3 Å². The fourth-order valence-electron chi connectivity index (χ4n) is 8.80. The Kier molecular flexibility index (Phi) is 5.47. The molecular weight excluding hydrogens is 633 g/mol. The van der Waals surface area contributed by atoms with Crippen LogP contribution in [0.4, 0.5) is 0 Å². The smallest absolute Gasteiger partial charge is 0.162 e. The Morgan fingerprint density at radius 3 is 1.87 bits per heavy atom. The van der Waals surface area contributed by atoms with Crippen LogP contribution in [0.2, 0.25) is 0 Å². The van der Waals surface area contributed by atoms with Crippen molar-refractivity contribution in [3.8, 4) is 28.3 Å². The Labute approximate surface area is 297 Å². The van der Waals surface area contributed by atoms with Crippen molar-refractivity contribution in [3.63, 3.8) is 0 Å². The van der Waals surface area contributed by atoms with Crippen molar-refractivity contribution in [1.29, 1.82) is 0 Å². The van der Waals surface area contributed by atoms with Crippen molar-refractivity contribution >= 4 is 81.6 Å². The Hall–Kier alpha value is -7.04. The zero-order chi connectivity index (χ0) is 33.9. The molecule has 4 heterocycles. The van der Waals surface area contributed by atoms with Crippen molar-refractivity contribution in [2.75, 3.05) is 0 Å². The summed E-state index contributed by atoms with van der Waals surface area (Å²) in [5, 5.41) is 11.0. The number of benzene rings is 8. The van der Waals surface area contributed by atoms with Gasteiger partial charge in [0.25, 0.3) is 0 Å². The van der Waals surface area contributed by atoms with E-state index >= 15 is 0 Å². The molecule has 4 heteroatoms. The maximum atomic E-state index is 5.47. The summed E-state index contributed by atoms with van der Waals surface area (Å²) in [6, 6.07) is 60.9. The number of hydrogen-bond acceptors (Lipinski definition) is 2. The average Bonchev–Trinajstić information content (AvgIpc) is 3.85. The Balaban J connectivity index is 1.24. The minimum absolute atomic E-state index is 0.706. The van der Waals surface area contributed by atoms with Gasteiger partial charge in [-0.3, -0.25) is 4.57 Å². The van der Waals surface area contributed by atoms with Gasteiger partial charge in [-0.15, -0.1) is 0 Å². The second-order valence-electron chi connectivity index (χ2n) is 13.8. The maximum Gasteiger partial charge on any atom is 0.162 e. The number of rotatable bonds is 3. The van der Waals surface area contributed by atoms with Crippen LogP contribution in [0.5, 0.6) is 0 Å². The van der Waals surface area contributed by atoms with Crippen molar-refractivity contribution < 1.29 is 0 Å². The van der Waals surface area contributed by atoms with Crippen molar-refractivity contribution in [1.82, 2.24) is 18.9 Å². The Bertz CT molecular complexity index is 3390. The lowest BCUT2D eigenvalue weighted by Crippen LogP contribution is -2.03. The number of nitrogens with zero attached hydrogens (tertiary/aromatic N) is 4. The van der Waals surface area contributed by atoms with E-state index in [4.69, 9.17) is 9.97 Å². The van der Waals surface area contributed by atoms with E-state index in [0.717, 1.165) is 27.8 Å². The number of para-hydroxylation sites is 3. The van der Waals surface area contributed by atoms with Gasteiger partial charge in [-0.1, -0.05) is 133 Å². The summed E-state index contributed by atoms with van der Waals surface area (Å²) in [4.78, 5) is 10.6. The monoisotopic (exact) mass is 660 g/mol. The molecule has 0 radical (unpaired) electrons. The molecule has 0 aliphatic carbocycles. The molecule has 0 amide bonds. The Morgan fingerprint density at radius 2 is 1.02 bits per heavy atom. The summed E-state index contributed by atoms with van der Waals surface area (Å²) < 4.78 is 4.90. The quantitative estimate of drug-likeness (QED) is 0.189. The van der Waals surface area contributed by atoms with Gasteiger partial charge in [0.05, 0.1) is 33.1 Å². The van der Waals surface area contributed by atoms with E-state index in [1.54, 1.807) is 0 Å². The number of hydrogen-bond donors (Lipinski definition) is 0. The van der Waals surface area contributed by atoms with Crippen molar-refractivity contribution in [3.05, 3.63) is 170 Å². The summed E-state index contributed by atoms with van der Waals surface area (Å²) in [6.07, 6.45) is 0. The van der Waals surface area contributed by atoms with E-state index in [2.05, 4.69) is 179 Å². The van der Waals surface area contributed by atoms with Crippen LogP contribution in [-0.4, -0.2) is 18.9 Å². The summed E-state index contributed by atoms with van der Waals surface area (Å²) in [6.45, 7) is 0. The van der Waals surface area contributed by atoms with Crippen LogP contribution in [-0.2, 0) is 0 Å². The molecule has 0 bridgehead atoms. The Morgan fingerprint density at radius 1 is 0.365 bits per heavy atom. The molecule has 12 aromatic rings. The second-order valence-corrected chi connectivity index (χ2v) is 13.8. The third-order valence-corrected chi connectivity index (χ3v) is 11.0. The van der Waals surface area contributed by atoms with Gasteiger partial charge in [0.15, 0.2) is 5.82 Å². The predicted molar refractivity (Wildman–Crippen MR) is 217 cm³/mol. The van der Waals surface area contributed by atoms with Crippen LogP contribution in [0.1, 0.15) is 0 Å². The van der Waals surface area contributed by atoms with Crippen LogP contribution < -0.4 is 0 Å². The number of fused-ring (bicyclic) bond motifs is 13. The molecule has 0 atom stereocenters. The molecule has 0 N–H and O–H groups in total. The highest BCUT2D eigenvalue weighted by Gasteiger charge is 2.26. The fourth-order valence-corrected chi connectivity index (χ4v) is 8.80. The molecule has 0 aliphatic heterocycles. The van der Waals surface area contributed by atoms with Crippen LogP contribution in [0.25, 0.3) is 110 Å². The van der Waals surface area contributed by atoms with E-state index in [9.17, 15) is 0 Å². The molecule has 240 valence electrons. The van der Waals surface area contributed by atoms with Crippen LogP contribution in [0.15, 0.2) is 170 Å². The summed E-state index contributed by atoms with van der Waals surface area (Å²) in [5.41, 5.74) is 10.2. The van der Waals surface area contributed by atoms with Crippen LogP contribution >= 0.6 is 0 Å². The molecule has 12 rings (SSSR count). The van der Waals surface area contributed by atoms with Gasteiger partial charge in [-0.05, 0) is 58.3 Å². The van der Waals surface area contributed by atoms with Crippen LogP contribution in [0.3, 0.4) is 0 Å². The van der Waals surface area contributed by atoms with E-state index in [-0.39, 0.29) is 0 Å². The van der Waals surface area contributed by atoms with Crippen LogP contribution in [0, 0.1) is 0 Å². The molecule has 0 aliphatic rings.